The molecule has 0 N–H and O–H groups in total. The van der Waals surface area contributed by atoms with E-state index >= 15 is 0 Å². The van der Waals surface area contributed by atoms with E-state index in [0.717, 1.165) is 12.8 Å². The predicted octanol–water partition coefficient (Wildman–Crippen LogP) is 5.43. The molecule has 19 heavy (non-hydrogen) atoms. The normalized spacial score (nSPS) is 14.3. The van der Waals surface area contributed by atoms with Crippen LogP contribution in [0.3, 0.4) is 0 Å². The smallest absolute Gasteiger partial charge is 0.0999 e. The summed E-state index contributed by atoms with van der Waals surface area (Å²) < 4.78 is 0. The molecule has 2 aromatic rings. The molecule has 1 aromatic carbocycles. The molecule has 96 valence electrons. The van der Waals surface area contributed by atoms with Crippen LogP contribution in [0.1, 0.15) is 18.4 Å². The van der Waals surface area contributed by atoms with Gasteiger partial charge in [-0.3, -0.25) is 0 Å². The van der Waals surface area contributed by atoms with E-state index in [-0.39, 0.29) is 0 Å². The van der Waals surface area contributed by atoms with Crippen LogP contribution in [0.5, 0.6) is 0 Å². The molecule has 1 aromatic heterocycles. The Kier molecular flexibility index (Phi) is 3.51. The van der Waals surface area contributed by atoms with Crippen molar-refractivity contribution in [2.24, 2.45) is 0 Å². The fraction of sp³-hybridized carbons (Fsp3) is 0.176. The molecular formula is C17H17NS. The monoisotopic (exact) mass is 267 g/mol. The van der Waals surface area contributed by atoms with E-state index in [9.17, 15) is 0 Å². The van der Waals surface area contributed by atoms with E-state index in [1.54, 1.807) is 11.3 Å². The van der Waals surface area contributed by atoms with Gasteiger partial charge in [0, 0.05) is 11.4 Å². The number of rotatable bonds is 3. The molecule has 0 amide bonds. The molecular weight excluding hydrogens is 250 g/mol. The van der Waals surface area contributed by atoms with E-state index in [0.29, 0.717) is 0 Å². The van der Waals surface area contributed by atoms with Crippen LogP contribution < -0.4 is 4.90 Å². The fourth-order valence-electron chi connectivity index (χ4n) is 2.33. The van der Waals surface area contributed by atoms with Gasteiger partial charge in [-0.25, -0.2) is 0 Å². The third-order valence-electron chi connectivity index (χ3n) is 3.22. The summed E-state index contributed by atoms with van der Waals surface area (Å²) in [5, 5.41) is 3.40. The van der Waals surface area contributed by atoms with Crippen molar-refractivity contribution in [3.05, 3.63) is 71.3 Å². The summed E-state index contributed by atoms with van der Waals surface area (Å²) >= 11 is 1.78. The van der Waals surface area contributed by atoms with Gasteiger partial charge in [-0.15, -0.1) is 11.3 Å². The standard InChI is InChI=1S/C17H17NS/c1-14-7-5-10-16(13-14)18(17-11-6-12-19-17)15-8-3-2-4-9-15/h3,5-13H,2,4H2,1H3. The molecule has 0 saturated heterocycles. The SMILES string of the molecule is Cc1cccc(N(C2=CCCC=C2)c2cccs2)c1. The summed E-state index contributed by atoms with van der Waals surface area (Å²) in [6, 6.07) is 13.0. The topological polar surface area (TPSA) is 3.24 Å². The average Bonchev–Trinajstić information content (AvgIpc) is 2.94. The van der Waals surface area contributed by atoms with E-state index in [4.69, 9.17) is 0 Å². The molecule has 0 bridgehead atoms. The first-order valence-electron chi connectivity index (χ1n) is 6.61. The molecule has 0 fully saturated rings. The van der Waals surface area contributed by atoms with Crippen molar-refractivity contribution >= 4 is 22.0 Å². The van der Waals surface area contributed by atoms with Crippen LogP contribution in [-0.2, 0) is 0 Å². The highest BCUT2D eigenvalue weighted by molar-refractivity contribution is 7.14. The second-order valence-electron chi connectivity index (χ2n) is 4.73. The van der Waals surface area contributed by atoms with Gasteiger partial charge < -0.3 is 4.90 Å². The number of benzene rings is 1. The van der Waals surface area contributed by atoms with Crippen molar-refractivity contribution < 1.29 is 0 Å². The number of anilines is 2. The number of nitrogens with zero attached hydrogens (tertiary/aromatic N) is 1. The van der Waals surface area contributed by atoms with Crippen LogP contribution in [0.2, 0.25) is 0 Å². The average molecular weight is 267 g/mol. The van der Waals surface area contributed by atoms with Crippen molar-refractivity contribution in [3.63, 3.8) is 0 Å². The van der Waals surface area contributed by atoms with Crippen LogP contribution in [0.15, 0.2) is 65.7 Å². The summed E-state index contributed by atoms with van der Waals surface area (Å²) in [5.74, 6) is 0. The van der Waals surface area contributed by atoms with Gasteiger partial charge in [0.15, 0.2) is 0 Å². The van der Waals surface area contributed by atoms with Crippen LogP contribution in [0.4, 0.5) is 10.7 Å². The first-order valence-corrected chi connectivity index (χ1v) is 7.49. The summed E-state index contributed by atoms with van der Waals surface area (Å²) in [4.78, 5) is 2.34. The van der Waals surface area contributed by atoms with Crippen LogP contribution >= 0.6 is 11.3 Å². The second-order valence-corrected chi connectivity index (χ2v) is 5.66. The molecule has 0 unspecified atom stereocenters. The number of hydrogen-bond donors (Lipinski definition) is 0. The Bertz CT molecular complexity index is 608. The summed E-state index contributed by atoms with van der Waals surface area (Å²) in [6.07, 6.45) is 9.08. The van der Waals surface area contributed by atoms with Crippen LogP contribution in [0.25, 0.3) is 0 Å². The van der Waals surface area contributed by atoms with Crippen molar-refractivity contribution in [2.45, 2.75) is 19.8 Å². The summed E-state index contributed by atoms with van der Waals surface area (Å²) in [6.45, 7) is 2.14. The lowest BCUT2D eigenvalue weighted by molar-refractivity contribution is 0.999. The third-order valence-corrected chi connectivity index (χ3v) is 4.07. The number of hydrogen-bond acceptors (Lipinski definition) is 2. The quantitative estimate of drug-likeness (QED) is 0.717. The molecule has 0 saturated carbocycles. The lowest BCUT2D eigenvalue weighted by Gasteiger charge is -2.26. The Morgan fingerprint density at radius 2 is 2.05 bits per heavy atom. The summed E-state index contributed by atoms with van der Waals surface area (Å²) in [5.41, 5.74) is 3.80. The van der Waals surface area contributed by atoms with Crippen LogP contribution in [0, 0.1) is 6.92 Å². The van der Waals surface area contributed by atoms with Crippen LogP contribution in [-0.4, -0.2) is 0 Å². The van der Waals surface area contributed by atoms with Gasteiger partial charge in [-0.05, 0) is 61.1 Å². The first-order chi connectivity index (χ1) is 9.34. The lowest BCUT2D eigenvalue weighted by Crippen LogP contribution is -2.14. The van der Waals surface area contributed by atoms with E-state index in [1.807, 2.05) is 0 Å². The van der Waals surface area contributed by atoms with E-state index in [1.165, 1.54) is 21.9 Å². The zero-order valence-electron chi connectivity index (χ0n) is 11.0. The highest BCUT2D eigenvalue weighted by atomic mass is 32.1. The van der Waals surface area contributed by atoms with Crippen molar-refractivity contribution in [1.29, 1.82) is 0 Å². The van der Waals surface area contributed by atoms with Gasteiger partial charge in [0.1, 0.15) is 0 Å². The third kappa shape index (κ3) is 2.64. The Balaban J connectivity index is 2.06. The van der Waals surface area contributed by atoms with Crippen molar-refractivity contribution in [1.82, 2.24) is 0 Å². The number of aryl methyl sites for hydroxylation is 1. The minimum Gasteiger partial charge on any atom is -0.302 e. The zero-order valence-corrected chi connectivity index (χ0v) is 11.9. The van der Waals surface area contributed by atoms with E-state index < -0.39 is 0 Å². The molecule has 2 heteroatoms. The minimum atomic E-state index is 1.12. The molecule has 1 aliphatic carbocycles. The Labute approximate surface area is 118 Å². The van der Waals surface area contributed by atoms with Gasteiger partial charge in [0.05, 0.1) is 5.00 Å². The molecule has 0 radical (unpaired) electrons. The largest absolute Gasteiger partial charge is 0.302 e. The van der Waals surface area contributed by atoms with E-state index in [2.05, 4.69) is 71.8 Å². The number of thiophene rings is 1. The van der Waals surface area contributed by atoms with Crippen molar-refractivity contribution in [2.75, 3.05) is 4.90 Å². The molecule has 1 nitrogen and oxygen atoms in total. The maximum absolute atomic E-state index is 2.34. The highest BCUT2D eigenvalue weighted by Crippen LogP contribution is 2.35. The van der Waals surface area contributed by atoms with Gasteiger partial charge >= 0.3 is 0 Å². The molecule has 1 heterocycles. The Morgan fingerprint density at radius 1 is 1.11 bits per heavy atom. The maximum Gasteiger partial charge on any atom is 0.0999 e. The molecule has 3 rings (SSSR count). The maximum atomic E-state index is 2.34. The molecule has 0 atom stereocenters. The molecule has 0 spiro atoms. The minimum absolute atomic E-state index is 1.12. The Morgan fingerprint density at radius 3 is 2.74 bits per heavy atom. The molecule has 0 aliphatic heterocycles. The van der Waals surface area contributed by atoms with Gasteiger partial charge in [0.25, 0.3) is 0 Å². The number of allylic oxidation sites excluding steroid dienone is 3. The Hall–Kier alpha value is -1.80. The lowest BCUT2D eigenvalue weighted by atomic mass is 10.1. The second kappa shape index (κ2) is 5.45. The van der Waals surface area contributed by atoms with Crippen molar-refractivity contribution in [3.8, 4) is 0 Å². The van der Waals surface area contributed by atoms with Gasteiger partial charge in [-0.2, -0.15) is 0 Å². The summed E-state index contributed by atoms with van der Waals surface area (Å²) in [7, 11) is 0. The first kappa shape index (κ1) is 12.2. The highest BCUT2D eigenvalue weighted by Gasteiger charge is 2.14. The molecule has 1 aliphatic rings. The zero-order chi connectivity index (χ0) is 13.1. The van der Waals surface area contributed by atoms with Gasteiger partial charge in [-0.1, -0.05) is 24.3 Å². The van der Waals surface area contributed by atoms with Gasteiger partial charge in [0.2, 0.25) is 0 Å². The predicted molar refractivity (Wildman–Crippen MR) is 84.1 cm³/mol. The fourth-order valence-corrected chi connectivity index (χ4v) is 3.10.